The van der Waals surface area contributed by atoms with E-state index in [9.17, 15) is 0 Å². The summed E-state index contributed by atoms with van der Waals surface area (Å²) in [4.78, 5) is 0. The standard InChI is InChI=1S/C11H14O2/c1-2-13-11(9-12)8-10-6-4-3-5-7-10/h3-8,12H,2,9H2,1H3/b11-8-. The van der Waals surface area contributed by atoms with Crippen LogP contribution in [0, 0.1) is 0 Å². The molecular weight excluding hydrogens is 164 g/mol. The first-order chi connectivity index (χ1) is 6.36. The zero-order valence-electron chi connectivity index (χ0n) is 7.73. The number of rotatable bonds is 4. The Bertz CT molecular complexity index is 265. The molecule has 0 heterocycles. The number of benzene rings is 1. The van der Waals surface area contributed by atoms with Gasteiger partial charge in [-0.15, -0.1) is 0 Å². The molecule has 0 bridgehead atoms. The van der Waals surface area contributed by atoms with E-state index in [1.165, 1.54) is 0 Å². The minimum atomic E-state index is -0.0528. The lowest BCUT2D eigenvalue weighted by Crippen LogP contribution is -1.96. The van der Waals surface area contributed by atoms with Gasteiger partial charge in [0.15, 0.2) is 0 Å². The number of hydrogen-bond donors (Lipinski definition) is 1. The molecule has 0 fully saturated rings. The maximum atomic E-state index is 8.93. The Morgan fingerprint density at radius 2 is 2.08 bits per heavy atom. The average molecular weight is 178 g/mol. The predicted octanol–water partition coefficient (Wildman–Crippen LogP) is 2.06. The fourth-order valence-corrected chi connectivity index (χ4v) is 1.05. The van der Waals surface area contributed by atoms with Gasteiger partial charge >= 0.3 is 0 Å². The SMILES string of the molecule is CCO/C(=C\c1ccccc1)CO. The van der Waals surface area contributed by atoms with Crippen molar-refractivity contribution < 1.29 is 9.84 Å². The topological polar surface area (TPSA) is 29.5 Å². The molecule has 1 N–H and O–H groups in total. The van der Waals surface area contributed by atoms with Gasteiger partial charge in [0.25, 0.3) is 0 Å². The van der Waals surface area contributed by atoms with E-state index in [4.69, 9.17) is 9.84 Å². The van der Waals surface area contributed by atoms with Crippen molar-refractivity contribution in [1.29, 1.82) is 0 Å². The normalized spacial score (nSPS) is 11.4. The Labute approximate surface area is 78.5 Å². The van der Waals surface area contributed by atoms with Gasteiger partial charge in [0.05, 0.1) is 6.61 Å². The van der Waals surface area contributed by atoms with E-state index in [1.807, 2.05) is 43.3 Å². The molecule has 1 aromatic carbocycles. The Balaban J connectivity index is 2.73. The predicted molar refractivity (Wildman–Crippen MR) is 53.1 cm³/mol. The smallest absolute Gasteiger partial charge is 0.122 e. The van der Waals surface area contributed by atoms with E-state index >= 15 is 0 Å². The first-order valence-electron chi connectivity index (χ1n) is 4.36. The van der Waals surface area contributed by atoms with Crippen molar-refractivity contribution in [3.05, 3.63) is 41.7 Å². The lowest BCUT2D eigenvalue weighted by molar-refractivity contribution is 0.175. The molecule has 0 aromatic heterocycles. The monoisotopic (exact) mass is 178 g/mol. The van der Waals surface area contributed by atoms with Gasteiger partial charge in [-0.2, -0.15) is 0 Å². The summed E-state index contributed by atoms with van der Waals surface area (Å²) < 4.78 is 5.21. The molecule has 0 aliphatic rings. The first kappa shape index (κ1) is 9.81. The van der Waals surface area contributed by atoms with Crippen LogP contribution in [0.3, 0.4) is 0 Å². The fourth-order valence-electron chi connectivity index (χ4n) is 1.05. The highest BCUT2D eigenvalue weighted by atomic mass is 16.5. The highest BCUT2D eigenvalue weighted by Gasteiger charge is 1.94. The first-order valence-corrected chi connectivity index (χ1v) is 4.36. The number of ether oxygens (including phenoxy) is 1. The molecule has 1 rings (SSSR count). The molecule has 70 valence electrons. The third-order valence-electron chi connectivity index (χ3n) is 1.61. The summed E-state index contributed by atoms with van der Waals surface area (Å²) in [6, 6.07) is 9.79. The van der Waals surface area contributed by atoms with E-state index in [-0.39, 0.29) is 6.61 Å². The van der Waals surface area contributed by atoms with Crippen LogP contribution in [0.5, 0.6) is 0 Å². The Hall–Kier alpha value is -1.28. The zero-order chi connectivity index (χ0) is 9.52. The summed E-state index contributed by atoms with van der Waals surface area (Å²) in [5, 5.41) is 8.93. The second kappa shape index (κ2) is 5.38. The molecule has 0 aliphatic carbocycles. The molecule has 0 saturated heterocycles. The van der Waals surface area contributed by atoms with Crippen molar-refractivity contribution in [2.24, 2.45) is 0 Å². The van der Waals surface area contributed by atoms with Crippen LogP contribution in [0.4, 0.5) is 0 Å². The fraction of sp³-hybridized carbons (Fsp3) is 0.273. The van der Waals surface area contributed by atoms with Gasteiger partial charge < -0.3 is 9.84 Å². The van der Waals surface area contributed by atoms with Crippen molar-refractivity contribution in [3.63, 3.8) is 0 Å². The van der Waals surface area contributed by atoms with Gasteiger partial charge in [-0.25, -0.2) is 0 Å². The molecule has 13 heavy (non-hydrogen) atoms. The summed E-state index contributed by atoms with van der Waals surface area (Å²) in [6.07, 6.45) is 1.84. The molecule has 0 unspecified atom stereocenters. The molecular formula is C11H14O2. The molecule has 2 heteroatoms. The molecule has 0 amide bonds. The van der Waals surface area contributed by atoms with E-state index in [1.54, 1.807) is 0 Å². The second-order valence-corrected chi connectivity index (χ2v) is 2.61. The van der Waals surface area contributed by atoms with Crippen molar-refractivity contribution in [1.82, 2.24) is 0 Å². The van der Waals surface area contributed by atoms with E-state index < -0.39 is 0 Å². The lowest BCUT2D eigenvalue weighted by atomic mass is 10.2. The molecule has 1 aromatic rings. The minimum absolute atomic E-state index is 0.0528. The summed E-state index contributed by atoms with van der Waals surface area (Å²) in [5.41, 5.74) is 1.04. The second-order valence-electron chi connectivity index (χ2n) is 2.61. The highest BCUT2D eigenvalue weighted by Crippen LogP contribution is 2.06. The summed E-state index contributed by atoms with van der Waals surface area (Å²) in [6.45, 7) is 2.43. The van der Waals surface area contributed by atoms with Crippen LogP contribution in [0.25, 0.3) is 6.08 Å². The molecule has 0 saturated carbocycles. The van der Waals surface area contributed by atoms with Crippen molar-refractivity contribution >= 4 is 6.08 Å². The molecule has 2 nitrogen and oxygen atoms in total. The third kappa shape index (κ3) is 3.30. The largest absolute Gasteiger partial charge is 0.496 e. The van der Waals surface area contributed by atoms with Gasteiger partial charge in [-0.05, 0) is 18.6 Å². The molecule has 0 aliphatic heterocycles. The van der Waals surface area contributed by atoms with Crippen LogP contribution >= 0.6 is 0 Å². The van der Waals surface area contributed by atoms with E-state index in [0.717, 1.165) is 5.56 Å². The summed E-state index contributed by atoms with van der Waals surface area (Å²) >= 11 is 0. The number of aliphatic hydroxyl groups excluding tert-OH is 1. The van der Waals surface area contributed by atoms with Gasteiger partial charge in [-0.3, -0.25) is 0 Å². The molecule has 0 atom stereocenters. The highest BCUT2D eigenvalue weighted by molar-refractivity contribution is 5.50. The van der Waals surface area contributed by atoms with Crippen molar-refractivity contribution in [2.75, 3.05) is 13.2 Å². The average Bonchev–Trinajstić information content (AvgIpc) is 2.19. The third-order valence-corrected chi connectivity index (χ3v) is 1.61. The lowest BCUT2D eigenvalue weighted by Gasteiger charge is -2.04. The van der Waals surface area contributed by atoms with Gasteiger partial charge in [-0.1, -0.05) is 30.3 Å². The maximum absolute atomic E-state index is 8.93. The van der Waals surface area contributed by atoms with Crippen molar-refractivity contribution in [3.8, 4) is 0 Å². The maximum Gasteiger partial charge on any atom is 0.122 e. The van der Waals surface area contributed by atoms with Crippen LogP contribution in [0.2, 0.25) is 0 Å². The minimum Gasteiger partial charge on any atom is -0.496 e. The quantitative estimate of drug-likeness (QED) is 0.715. The van der Waals surface area contributed by atoms with Gasteiger partial charge in [0.2, 0.25) is 0 Å². The van der Waals surface area contributed by atoms with Crippen molar-refractivity contribution in [2.45, 2.75) is 6.92 Å². The van der Waals surface area contributed by atoms with Crippen LogP contribution < -0.4 is 0 Å². The van der Waals surface area contributed by atoms with Crippen LogP contribution in [0.1, 0.15) is 12.5 Å². The Morgan fingerprint density at radius 1 is 1.38 bits per heavy atom. The number of aliphatic hydroxyl groups is 1. The molecule has 0 spiro atoms. The van der Waals surface area contributed by atoms with Gasteiger partial charge in [0, 0.05) is 0 Å². The summed E-state index contributed by atoms with van der Waals surface area (Å²) in [7, 11) is 0. The number of hydrogen-bond acceptors (Lipinski definition) is 2. The van der Waals surface area contributed by atoms with Crippen LogP contribution in [0.15, 0.2) is 36.1 Å². The van der Waals surface area contributed by atoms with E-state index in [0.29, 0.717) is 12.4 Å². The zero-order valence-corrected chi connectivity index (χ0v) is 7.73. The molecule has 0 radical (unpaired) electrons. The summed E-state index contributed by atoms with van der Waals surface area (Å²) in [5.74, 6) is 0.605. The Kier molecular flexibility index (Phi) is 4.06. The van der Waals surface area contributed by atoms with Crippen LogP contribution in [-0.2, 0) is 4.74 Å². The van der Waals surface area contributed by atoms with E-state index in [2.05, 4.69) is 0 Å². The Morgan fingerprint density at radius 3 is 2.62 bits per heavy atom. The van der Waals surface area contributed by atoms with Crippen LogP contribution in [-0.4, -0.2) is 18.3 Å². The van der Waals surface area contributed by atoms with Gasteiger partial charge in [0.1, 0.15) is 12.4 Å².